The molecule has 2 fully saturated rings. The Balaban J connectivity index is 0.959. The molecule has 1 aliphatic heterocycles. The van der Waals surface area contributed by atoms with Crippen molar-refractivity contribution in [3.8, 4) is 33.6 Å². The van der Waals surface area contributed by atoms with Crippen LogP contribution in [0.25, 0.3) is 44.4 Å². The van der Waals surface area contributed by atoms with Crippen molar-refractivity contribution in [1.29, 1.82) is 0 Å². The molecule has 0 radical (unpaired) electrons. The molecule has 3 heterocycles. The summed E-state index contributed by atoms with van der Waals surface area (Å²) in [5.41, 5.74) is 6.68. The van der Waals surface area contributed by atoms with Gasteiger partial charge in [-0.25, -0.2) is 14.8 Å². The van der Waals surface area contributed by atoms with Crippen LogP contribution >= 0.6 is 0 Å². The van der Waals surface area contributed by atoms with E-state index in [9.17, 15) is 19.2 Å². The van der Waals surface area contributed by atoms with E-state index in [1.54, 1.807) is 11.1 Å². The number of likely N-dealkylation sites (tertiary alicyclic amines) is 1. The van der Waals surface area contributed by atoms with Gasteiger partial charge in [0.15, 0.2) is 0 Å². The van der Waals surface area contributed by atoms with Gasteiger partial charge in [-0.1, -0.05) is 99.1 Å². The van der Waals surface area contributed by atoms with Crippen LogP contribution in [0.4, 0.5) is 4.79 Å². The van der Waals surface area contributed by atoms with Crippen molar-refractivity contribution in [1.82, 2.24) is 40.4 Å². The number of alkyl carbamates (subject to hydrolysis) is 1. The van der Waals surface area contributed by atoms with Gasteiger partial charge in [0.1, 0.15) is 17.7 Å². The Morgan fingerprint density at radius 3 is 2.27 bits per heavy atom. The third-order valence-corrected chi connectivity index (χ3v) is 12.0. The van der Waals surface area contributed by atoms with E-state index < -0.39 is 12.1 Å². The van der Waals surface area contributed by atoms with Gasteiger partial charge in [-0.3, -0.25) is 14.4 Å². The van der Waals surface area contributed by atoms with Gasteiger partial charge in [0.05, 0.1) is 50.0 Å². The quantitative estimate of drug-likeness (QED) is 0.0778. The molecule has 4 aromatic carbocycles. The average molecular weight is 807 g/mol. The number of fused-ring (bicyclic) bond motifs is 1. The maximum atomic E-state index is 14.2. The normalized spacial score (nSPS) is 17.2. The molecule has 2 aromatic heterocycles. The Morgan fingerprint density at radius 1 is 0.900 bits per heavy atom. The van der Waals surface area contributed by atoms with Crippen LogP contribution in [-0.4, -0.2) is 80.8 Å². The molecular formula is C47H50N8O5. The van der Waals surface area contributed by atoms with E-state index >= 15 is 0 Å². The number of ether oxygens (including phenoxy) is 1. The summed E-state index contributed by atoms with van der Waals surface area (Å²) >= 11 is 0. The zero-order chi connectivity index (χ0) is 41.8. The van der Waals surface area contributed by atoms with Crippen LogP contribution in [0.3, 0.4) is 0 Å². The van der Waals surface area contributed by atoms with Gasteiger partial charge in [-0.2, -0.15) is 0 Å². The summed E-state index contributed by atoms with van der Waals surface area (Å²) in [6.45, 7) is 5.81. The predicted molar refractivity (Wildman–Crippen MR) is 229 cm³/mol. The molecule has 4 amide bonds. The Kier molecular flexibility index (Phi) is 11.5. The van der Waals surface area contributed by atoms with Crippen LogP contribution in [0.1, 0.15) is 68.8 Å². The second-order valence-electron chi connectivity index (χ2n) is 16.3. The van der Waals surface area contributed by atoms with Gasteiger partial charge in [-0.05, 0) is 75.8 Å². The number of H-pyrrole nitrogens is 2. The molecule has 1 saturated heterocycles. The molecule has 4 N–H and O–H groups in total. The molecule has 6 aromatic rings. The van der Waals surface area contributed by atoms with Crippen molar-refractivity contribution in [3.05, 3.63) is 121 Å². The number of carbonyl (C=O) groups excluding carboxylic acids is 4. The molecule has 60 heavy (non-hydrogen) atoms. The van der Waals surface area contributed by atoms with Gasteiger partial charge >= 0.3 is 6.09 Å². The number of nitrogens with one attached hydrogen (secondary N) is 4. The van der Waals surface area contributed by atoms with Crippen molar-refractivity contribution in [2.75, 3.05) is 26.7 Å². The number of carbonyl (C=O) groups is 4. The molecule has 8 rings (SSSR count). The van der Waals surface area contributed by atoms with E-state index in [-0.39, 0.29) is 35.7 Å². The van der Waals surface area contributed by atoms with Gasteiger partial charge < -0.3 is 35.1 Å². The first-order valence-corrected chi connectivity index (χ1v) is 20.5. The van der Waals surface area contributed by atoms with E-state index in [1.807, 2.05) is 41.4 Å². The van der Waals surface area contributed by atoms with Crippen LogP contribution < -0.4 is 10.6 Å². The maximum Gasteiger partial charge on any atom is 0.407 e. The number of nitrogens with zero attached hydrogens (tertiary/aromatic N) is 4. The highest BCUT2D eigenvalue weighted by molar-refractivity contribution is 5.91. The van der Waals surface area contributed by atoms with E-state index in [4.69, 9.17) is 9.72 Å². The first kappa shape index (κ1) is 40.0. The molecule has 2 aliphatic rings. The fourth-order valence-electron chi connectivity index (χ4n) is 8.32. The Morgan fingerprint density at radius 2 is 1.57 bits per heavy atom. The molecule has 1 aliphatic carbocycles. The third-order valence-electron chi connectivity index (χ3n) is 12.0. The summed E-state index contributed by atoms with van der Waals surface area (Å²) < 4.78 is 4.87. The lowest BCUT2D eigenvalue weighted by atomic mass is 9.96. The second kappa shape index (κ2) is 17.2. The zero-order valence-electron chi connectivity index (χ0n) is 34.1. The van der Waals surface area contributed by atoms with Crippen LogP contribution in [-0.2, 0) is 25.7 Å². The maximum absolute atomic E-state index is 14.2. The minimum atomic E-state index is -0.888. The highest BCUT2D eigenvalue weighted by Crippen LogP contribution is 2.46. The summed E-state index contributed by atoms with van der Waals surface area (Å²) in [6.07, 6.45) is 7.39. The summed E-state index contributed by atoms with van der Waals surface area (Å²) in [5, 5.41) is 7.44. The first-order chi connectivity index (χ1) is 29.1. The topological polar surface area (TPSA) is 165 Å². The van der Waals surface area contributed by atoms with Crippen molar-refractivity contribution >= 4 is 35.1 Å². The molecule has 0 bridgehead atoms. The number of benzene rings is 4. The summed E-state index contributed by atoms with van der Waals surface area (Å²) in [7, 11) is 1.29. The van der Waals surface area contributed by atoms with E-state index in [2.05, 4.69) is 100 Å². The summed E-state index contributed by atoms with van der Waals surface area (Å²) in [6, 6.07) is 29.2. The van der Waals surface area contributed by atoms with Crippen LogP contribution in [0.15, 0.2) is 103 Å². The predicted octanol–water partition coefficient (Wildman–Crippen LogP) is 7.56. The number of aromatic amines is 2. The number of imidazole rings is 2. The number of methoxy groups -OCH3 is 1. The smallest absolute Gasteiger partial charge is 0.407 e. The van der Waals surface area contributed by atoms with E-state index in [1.165, 1.54) is 7.11 Å². The van der Waals surface area contributed by atoms with E-state index in [0.29, 0.717) is 37.4 Å². The largest absolute Gasteiger partial charge is 0.453 e. The minimum absolute atomic E-state index is 0.0322. The number of rotatable bonds is 15. The lowest BCUT2D eigenvalue weighted by Crippen LogP contribution is -2.43. The highest BCUT2D eigenvalue weighted by atomic mass is 16.5. The van der Waals surface area contributed by atoms with Crippen molar-refractivity contribution in [3.63, 3.8) is 0 Å². The van der Waals surface area contributed by atoms with Gasteiger partial charge in [-0.15, -0.1) is 0 Å². The molecule has 1 saturated carbocycles. The molecule has 3 atom stereocenters. The first-order valence-electron chi connectivity index (χ1n) is 20.5. The van der Waals surface area contributed by atoms with Crippen molar-refractivity contribution < 1.29 is 23.9 Å². The Labute approximate surface area is 349 Å². The van der Waals surface area contributed by atoms with Crippen LogP contribution in [0, 0.1) is 11.3 Å². The zero-order valence-corrected chi connectivity index (χ0v) is 34.1. The molecule has 13 heteroatoms. The Bertz CT molecular complexity index is 2490. The fourth-order valence-corrected chi connectivity index (χ4v) is 8.32. The van der Waals surface area contributed by atoms with Gasteiger partial charge in [0, 0.05) is 18.7 Å². The van der Waals surface area contributed by atoms with Crippen molar-refractivity contribution in [2.24, 2.45) is 11.3 Å². The molecule has 0 spiro atoms. The molecule has 1 unspecified atom stereocenters. The highest BCUT2D eigenvalue weighted by Gasteiger charge is 2.42. The third kappa shape index (κ3) is 8.66. The molecule has 13 nitrogen and oxygen atoms in total. The lowest BCUT2D eigenvalue weighted by molar-refractivity contribution is -0.135. The monoisotopic (exact) mass is 806 g/mol. The second-order valence-corrected chi connectivity index (χ2v) is 16.3. The Hall–Kier alpha value is -6.76. The molecular weight excluding hydrogens is 757 g/mol. The van der Waals surface area contributed by atoms with Gasteiger partial charge in [0.2, 0.25) is 12.3 Å². The fraction of sp³-hybridized carbons (Fsp3) is 0.319. The average Bonchev–Trinajstić information content (AvgIpc) is 3.67. The van der Waals surface area contributed by atoms with Gasteiger partial charge in [0.25, 0.3) is 5.91 Å². The molecule has 308 valence electrons. The minimum Gasteiger partial charge on any atom is -0.453 e. The lowest BCUT2D eigenvalue weighted by Gasteiger charge is -2.30. The van der Waals surface area contributed by atoms with Crippen LogP contribution in [0.5, 0.6) is 0 Å². The summed E-state index contributed by atoms with van der Waals surface area (Å²) in [4.78, 5) is 70.1. The number of hydrogen-bond donors (Lipinski definition) is 4. The van der Waals surface area contributed by atoms with Crippen LogP contribution in [0.2, 0.25) is 0 Å². The van der Waals surface area contributed by atoms with Crippen molar-refractivity contribution in [2.45, 2.75) is 58.2 Å². The number of amides is 4. The SMILES string of the molecule is CC[C@@H]1CCN(C(=O)C(NC(=O)OC)c2ccccc2)[C@@H]1c1ncc(-c2ccc(-c3ccc4cc(-c5cnc(CN(CC6(C)CC6)C(=O)CNC=O)[nH]5)ccc4c3)cc2)[nH]1. The number of aromatic nitrogens is 4. The standard InChI is InChI=1S/C47H50N8O5/c1-4-30-18-21-55(45(58)42(53-46(59)60-3)33-8-6-5-7-9-33)43(30)44-50-25-38(52-44)32-12-10-31(11-13-32)34-14-15-36-23-37(17-16-35(36)22-34)39-24-49-40(51-39)27-54(28-47(2)19-20-47)41(57)26-48-29-56/h5-17,22-25,29-30,42-43H,4,18-21,26-28H2,1-3H3,(H,48,56)(H,49,51)(H,50,52)(H,53,59)/t30-,42?,43+/m1/s1. The summed E-state index contributed by atoms with van der Waals surface area (Å²) in [5.74, 6) is 1.30. The van der Waals surface area contributed by atoms with E-state index in [0.717, 1.165) is 75.9 Å². The number of hydrogen-bond acceptors (Lipinski definition) is 7.